The minimum absolute atomic E-state index is 0.231. The minimum Gasteiger partial charge on any atom is -0.463 e. The topological polar surface area (TPSA) is 61.8 Å². The Morgan fingerprint density at radius 1 is 1.29 bits per heavy atom. The number of rotatable bonds is 3. The van der Waals surface area contributed by atoms with Gasteiger partial charge in [0, 0.05) is 0 Å². The Kier molecular flexibility index (Phi) is 3.27. The molecule has 1 aliphatic heterocycles. The molecule has 1 saturated heterocycles. The summed E-state index contributed by atoms with van der Waals surface area (Å²) in [6, 6.07) is 8.95. The third kappa shape index (κ3) is 2.38. The highest BCUT2D eigenvalue weighted by Crippen LogP contribution is 2.30. The Morgan fingerprint density at radius 3 is 2.65 bits per heavy atom. The number of cyclic esters (lactones) is 2. The summed E-state index contributed by atoms with van der Waals surface area (Å²) < 4.78 is 14.6. The maximum absolute atomic E-state index is 11.6. The second kappa shape index (κ2) is 4.86. The van der Waals surface area contributed by atoms with Gasteiger partial charge in [0.05, 0.1) is 6.61 Å². The maximum atomic E-state index is 11.6. The van der Waals surface area contributed by atoms with Crippen molar-refractivity contribution >= 4 is 12.1 Å². The fourth-order valence-corrected chi connectivity index (χ4v) is 1.64. The van der Waals surface area contributed by atoms with Gasteiger partial charge in [-0.15, -0.1) is 0 Å². The standard InChI is InChI=1S/C12H12O5/c1-2-15-11(13)10-9(16-12(14)17-10)8-6-4-3-5-7-8/h3-7,9-10H,2H2,1H3/t9-,10-/m1/s1. The van der Waals surface area contributed by atoms with Gasteiger partial charge in [-0.3, -0.25) is 0 Å². The van der Waals surface area contributed by atoms with E-state index in [1.165, 1.54) is 0 Å². The first-order valence-electron chi connectivity index (χ1n) is 5.31. The largest absolute Gasteiger partial charge is 0.510 e. The van der Waals surface area contributed by atoms with Crippen LogP contribution in [0.15, 0.2) is 30.3 Å². The molecule has 1 aromatic carbocycles. The molecule has 5 nitrogen and oxygen atoms in total. The highest BCUT2D eigenvalue weighted by atomic mass is 16.8. The second-order valence-corrected chi connectivity index (χ2v) is 3.49. The Hall–Kier alpha value is -2.04. The molecule has 2 atom stereocenters. The van der Waals surface area contributed by atoms with Crippen LogP contribution >= 0.6 is 0 Å². The molecule has 0 radical (unpaired) electrons. The van der Waals surface area contributed by atoms with Crippen LogP contribution in [0.5, 0.6) is 0 Å². The number of ether oxygens (including phenoxy) is 3. The molecule has 0 saturated carbocycles. The van der Waals surface area contributed by atoms with Crippen molar-refractivity contribution in [1.82, 2.24) is 0 Å². The third-order valence-corrected chi connectivity index (χ3v) is 2.37. The fourth-order valence-electron chi connectivity index (χ4n) is 1.64. The molecule has 1 fully saturated rings. The van der Waals surface area contributed by atoms with E-state index in [0.29, 0.717) is 5.56 Å². The van der Waals surface area contributed by atoms with Crippen LogP contribution in [0.4, 0.5) is 4.79 Å². The van der Waals surface area contributed by atoms with Gasteiger partial charge in [-0.25, -0.2) is 9.59 Å². The van der Waals surface area contributed by atoms with Crippen molar-refractivity contribution in [3.63, 3.8) is 0 Å². The molecule has 0 amide bonds. The molecule has 90 valence electrons. The van der Waals surface area contributed by atoms with E-state index in [1.807, 2.05) is 6.07 Å². The Morgan fingerprint density at radius 2 is 2.00 bits per heavy atom. The molecule has 1 heterocycles. The van der Waals surface area contributed by atoms with E-state index in [9.17, 15) is 9.59 Å². The number of hydrogen-bond donors (Lipinski definition) is 0. The van der Waals surface area contributed by atoms with Crippen LogP contribution < -0.4 is 0 Å². The molecule has 1 aliphatic rings. The highest BCUT2D eigenvalue weighted by Gasteiger charge is 2.43. The maximum Gasteiger partial charge on any atom is 0.510 e. The zero-order valence-corrected chi connectivity index (χ0v) is 9.29. The van der Waals surface area contributed by atoms with Crippen molar-refractivity contribution < 1.29 is 23.8 Å². The molecular formula is C12H12O5. The summed E-state index contributed by atoms with van der Waals surface area (Å²) in [6.07, 6.45) is -2.61. The molecule has 2 rings (SSSR count). The molecule has 0 aliphatic carbocycles. The van der Waals surface area contributed by atoms with Crippen LogP contribution in [0, 0.1) is 0 Å². The normalized spacial score (nSPS) is 22.8. The molecule has 0 N–H and O–H groups in total. The van der Waals surface area contributed by atoms with Crippen molar-refractivity contribution in [3.8, 4) is 0 Å². The molecule has 0 aromatic heterocycles. The molecule has 0 unspecified atom stereocenters. The summed E-state index contributed by atoms with van der Waals surface area (Å²) in [7, 11) is 0. The van der Waals surface area contributed by atoms with Gasteiger partial charge in [0.2, 0.25) is 6.10 Å². The van der Waals surface area contributed by atoms with E-state index in [1.54, 1.807) is 31.2 Å². The third-order valence-electron chi connectivity index (χ3n) is 2.37. The lowest BCUT2D eigenvalue weighted by Gasteiger charge is -2.13. The van der Waals surface area contributed by atoms with E-state index < -0.39 is 24.3 Å². The lowest BCUT2D eigenvalue weighted by molar-refractivity contribution is -0.153. The lowest BCUT2D eigenvalue weighted by atomic mass is 10.0. The van der Waals surface area contributed by atoms with E-state index in [0.717, 1.165) is 0 Å². The zero-order valence-electron chi connectivity index (χ0n) is 9.29. The SMILES string of the molecule is CCOC(=O)[C@@H]1OC(=O)O[C@@H]1c1ccccc1. The predicted octanol–water partition coefficient (Wildman–Crippen LogP) is 1.83. The highest BCUT2D eigenvalue weighted by molar-refractivity contribution is 5.81. The van der Waals surface area contributed by atoms with Gasteiger partial charge < -0.3 is 14.2 Å². The molecule has 1 aromatic rings. The van der Waals surface area contributed by atoms with Crippen LogP contribution in [0.1, 0.15) is 18.6 Å². The van der Waals surface area contributed by atoms with Gasteiger partial charge >= 0.3 is 12.1 Å². The summed E-state index contributed by atoms with van der Waals surface area (Å²) in [5.74, 6) is -0.591. The predicted molar refractivity (Wildman–Crippen MR) is 57.2 cm³/mol. The zero-order chi connectivity index (χ0) is 12.3. The van der Waals surface area contributed by atoms with Gasteiger partial charge in [0.15, 0.2) is 6.10 Å². The first kappa shape index (κ1) is 11.4. The van der Waals surface area contributed by atoms with Crippen molar-refractivity contribution in [2.24, 2.45) is 0 Å². The quantitative estimate of drug-likeness (QED) is 0.749. The van der Waals surface area contributed by atoms with E-state index >= 15 is 0 Å². The van der Waals surface area contributed by atoms with E-state index in [2.05, 4.69) is 0 Å². The molecule has 17 heavy (non-hydrogen) atoms. The van der Waals surface area contributed by atoms with Crippen LogP contribution in [0.2, 0.25) is 0 Å². The summed E-state index contributed by atoms with van der Waals surface area (Å²) in [6.45, 7) is 1.92. The van der Waals surface area contributed by atoms with Crippen LogP contribution in [0.25, 0.3) is 0 Å². The number of hydrogen-bond acceptors (Lipinski definition) is 5. The van der Waals surface area contributed by atoms with Crippen LogP contribution in [-0.2, 0) is 19.0 Å². The fraction of sp³-hybridized carbons (Fsp3) is 0.333. The van der Waals surface area contributed by atoms with Gasteiger partial charge in [0.25, 0.3) is 0 Å². The Balaban J connectivity index is 2.20. The van der Waals surface area contributed by atoms with Crippen LogP contribution in [-0.4, -0.2) is 24.8 Å². The second-order valence-electron chi connectivity index (χ2n) is 3.49. The summed E-state index contributed by atoms with van der Waals surface area (Å²) in [4.78, 5) is 22.7. The first-order valence-corrected chi connectivity index (χ1v) is 5.31. The van der Waals surface area contributed by atoms with Gasteiger partial charge in [-0.2, -0.15) is 0 Å². The monoisotopic (exact) mass is 236 g/mol. The van der Waals surface area contributed by atoms with Gasteiger partial charge in [0.1, 0.15) is 0 Å². The van der Waals surface area contributed by atoms with E-state index in [4.69, 9.17) is 14.2 Å². The van der Waals surface area contributed by atoms with Crippen molar-refractivity contribution in [1.29, 1.82) is 0 Å². The smallest absolute Gasteiger partial charge is 0.463 e. The van der Waals surface area contributed by atoms with Crippen LogP contribution in [0.3, 0.4) is 0 Å². The van der Waals surface area contributed by atoms with E-state index in [-0.39, 0.29) is 6.61 Å². The van der Waals surface area contributed by atoms with Crippen molar-refractivity contribution in [2.45, 2.75) is 19.1 Å². The molecule has 0 spiro atoms. The number of carbonyl (C=O) groups is 2. The summed E-state index contributed by atoms with van der Waals surface area (Å²) in [5, 5.41) is 0. The van der Waals surface area contributed by atoms with Gasteiger partial charge in [-0.05, 0) is 12.5 Å². The Labute approximate surface area is 98.3 Å². The molecule has 0 bridgehead atoms. The van der Waals surface area contributed by atoms with Crippen molar-refractivity contribution in [3.05, 3.63) is 35.9 Å². The van der Waals surface area contributed by atoms with Crippen molar-refractivity contribution in [2.75, 3.05) is 6.61 Å². The summed E-state index contributed by atoms with van der Waals surface area (Å²) in [5.41, 5.74) is 0.705. The molecule has 5 heteroatoms. The summed E-state index contributed by atoms with van der Waals surface area (Å²) >= 11 is 0. The lowest BCUT2D eigenvalue weighted by Crippen LogP contribution is -2.28. The number of benzene rings is 1. The Bertz CT molecular complexity index is 414. The average Bonchev–Trinajstić information content (AvgIpc) is 2.73. The number of esters is 1. The first-order chi connectivity index (χ1) is 8.22. The average molecular weight is 236 g/mol. The molecular weight excluding hydrogens is 224 g/mol. The minimum atomic E-state index is -1.02. The number of carbonyl (C=O) groups excluding carboxylic acids is 2. The van der Waals surface area contributed by atoms with Gasteiger partial charge in [-0.1, -0.05) is 30.3 Å².